The van der Waals surface area contributed by atoms with Crippen LogP contribution in [0.4, 0.5) is 11.5 Å². The minimum absolute atomic E-state index is 0.574. The smallest absolute Gasteiger partial charge is 0.152 e. The Morgan fingerprint density at radius 2 is 2.38 bits per heavy atom. The maximum atomic E-state index is 5.63. The molecule has 3 N–H and O–H groups in total. The van der Waals surface area contributed by atoms with Crippen LogP contribution in [0.1, 0.15) is 13.8 Å². The van der Waals surface area contributed by atoms with Crippen molar-refractivity contribution in [3.05, 3.63) is 24.2 Å². The first-order chi connectivity index (χ1) is 6.20. The lowest BCUT2D eigenvalue weighted by Crippen LogP contribution is -2.04. The van der Waals surface area contributed by atoms with E-state index in [-0.39, 0.29) is 0 Å². The van der Waals surface area contributed by atoms with E-state index in [0.717, 1.165) is 6.54 Å². The van der Waals surface area contributed by atoms with Crippen LogP contribution in [0.2, 0.25) is 0 Å². The highest BCUT2D eigenvalue weighted by molar-refractivity contribution is 5.59. The molecule has 1 rings (SSSR count). The van der Waals surface area contributed by atoms with Gasteiger partial charge in [0.05, 0.1) is 11.9 Å². The fourth-order valence-electron chi connectivity index (χ4n) is 0.840. The Bertz CT molecular complexity index is 302. The van der Waals surface area contributed by atoms with E-state index in [4.69, 9.17) is 5.73 Å². The van der Waals surface area contributed by atoms with Crippen molar-refractivity contribution < 1.29 is 0 Å². The molecular formula is C9H14N4. The maximum Gasteiger partial charge on any atom is 0.152 e. The van der Waals surface area contributed by atoms with E-state index in [1.807, 2.05) is 13.8 Å². The molecule has 0 atom stereocenters. The van der Waals surface area contributed by atoms with Crippen LogP contribution in [0.5, 0.6) is 0 Å². The molecule has 0 aliphatic carbocycles. The fourth-order valence-corrected chi connectivity index (χ4v) is 0.840. The minimum Gasteiger partial charge on any atom is -0.394 e. The second-order valence-corrected chi connectivity index (χ2v) is 2.99. The molecule has 0 fully saturated rings. The molecule has 1 aromatic rings. The third-order valence-corrected chi connectivity index (χ3v) is 1.52. The van der Waals surface area contributed by atoms with Crippen LogP contribution in [0, 0.1) is 0 Å². The molecule has 4 heteroatoms. The second-order valence-electron chi connectivity index (χ2n) is 2.99. The first-order valence-corrected chi connectivity index (χ1v) is 4.13. The van der Waals surface area contributed by atoms with Gasteiger partial charge in [0.15, 0.2) is 5.82 Å². The molecule has 70 valence electrons. The molecule has 0 aliphatic heterocycles. The van der Waals surface area contributed by atoms with E-state index in [1.165, 1.54) is 11.9 Å². The van der Waals surface area contributed by atoms with Crippen molar-refractivity contribution >= 4 is 11.5 Å². The molecular weight excluding hydrogens is 164 g/mol. The second kappa shape index (κ2) is 4.45. The quantitative estimate of drug-likeness (QED) is 0.687. The maximum absolute atomic E-state index is 5.63. The van der Waals surface area contributed by atoms with Crippen LogP contribution in [0.3, 0.4) is 0 Å². The summed E-state index contributed by atoms with van der Waals surface area (Å²) in [6, 6.07) is 0. The zero-order valence-electron chi connectivity index (χ0n) is 7.91. The zero-order chi connectivity index (χ0) is 9.68. The summed E-state index contributed by atoms with van der Waals surface area (Å²) in [5, 5.41) is 3.09. The van der Waals surface area contributed by atoms with Gasteiger partial charge >= 0.3 is 0 Å². The lowest BCUT2D eigenvalue weighted by atomic mass is 10.3. The lowest BCUT2D eigenvalue weighted by Gasteiger charge is -2.04. The van der Waals surface area contributed by atoms with E-state index in [1.54, 1.807) is 6.20 Å². The van der Waals surface area contributed by atoms with Gasteiger partial charge in [-0.25, -0.2) is 9.97 Å². The van der Waals surface area contributed by atoms with E-state index in [2.05, 4.69) is 21.4 Å². The van der Waals surface area contributed by atoms with E-state index >= 15 is 0 Å². The molecule has 4 nitrogen and oxygen atoms in total. The Balaban J connectivity index is 2.55. The van der Waals surface area contributed by atoms with Gasteiger partial charge < -0.3 is 11.1 Å². The van der Waals surface area contributed by atoms with Gasteiger partial charge in [0.1, 0.15) is 6.33 Å². The molecule has 0 spiro atoms. The minimum atomic E-state index is 0.574. The SMILES string of the molecule is CC(C)=CCNc1ncncc1N. The van der Waals surface area contributed by atoms with Crippen LogP contribution in [-0.4, -0.2) is 16.5 Å². The number of nitrogens with two attached hydrogens (primary N) is 1. The summed E-state index contributed by atoms with van der Waals surface area (Å²) in [6.45, 7) is 4.83. The van der Waals surface area contributed by atoms with Gasteiger partial charge in [0, 0.05) is 6.54 Å². The van der Waals surface area contributed by atoms with Crippen molar-refractivity contribution in [1.82, 2.24) is 9.97 Å². The van der Waals surface area contributed by atoms with E-state index in [9.17, 15) is 0 Å². The van der Waals surface area contributed by atoms with Gasteiger partial charge in [0.2, 0.25) is 0 Å². The number of aromatic nitrogens is 2. The van der Waals surface area contributed by atoms with Gasteiger partial charge in [-0.1, -0.05) is 11.6 Å². The average Bonchev–Trinajstić information content (AvgIpc) is 2.08. The van der Waals surface area contributed by atoms with Crippen LogP contribution >= 0.6 is 0 Å². The number of rotatable bonds is 3. The summed E-state index contributed by atoms with van der Waals surface area (Å²) in [6.07, 6.45) is 5.13. The molecule has 0 saturated heterocycles. The third-order valence-electron chi connectivity index (χ3n) is 1.52. The Kier molecular flexibility index (Phi) is 3.25. The standard InChI is InChI=1S/C9H14N4/c1-7(2)3-4-12-9-8(10)5-11-6-13-9/h3,5-6H,4,10H2,1-2H3,(H,11,12,13). The monoisotopic (exact) mass is 178 g/mol. The predicted octanol–water partition coefficient (Wildman–Crippen LogP) is 1.44. The Morgan fingerprint density at radius 3 is 3.00 bits per heavy atom. The number of hydrogen-bond donors (Lipinski definition) is 2. The lowest BCUT2D eigenvalue weighted by molar-refractivity contribution is 1.14. The molecule has 0 aromatic carbocycles. The number of anilines is 2. The summed E-state index contributed by atoms with van der Waals surface area (Å²) in [7, 11) is 0. The number of hydrogen-bond acceptors (Lipinski definition) is 4. The fraction of sp³-hybridized carbons (Fsp3) is 0.333. The highest BCUT2D eigenvalue weighted by Gasteiger charge is 1.95. The molecule has 0 amide bonds. The highest BCUT2D eigenvalue weighted by atomic mass is 15.0. The first-order valence-electron chi connectivity index (χ1n) is 4.13. The van der Waals surface area contributed by atoms with Gasteiger partial charge in [-0.05, 0) is 13.8 Å². The normalized spacial score (nSPS) is 9.38. The molecule has 13 heavy (non-hydrogen) atoms. The number of allylic oxidation sites excluding steroid dienone is 1. The highest BCUT2D eigenvalue weighted by Crippen LogP contribution is 2.10. The molecule has 0 saturated carbocycles. The van der Waals surface area contributed by atoms with Gasteiger partial charge in [-0.3, -0.25) is 0 Å². The van der Waals surface area contributed by atoms with Crippen molar-refractivity contribution in [2.75, 3.05) is 17.6 Å². The van der Waals surface area contributed by atoms with Crippen molar-refractivity contribution in [3.63, 3.8) is 0 Å². The van der Waals surface area contributed by atoms with E-state index < -0.39 is 0 Å². The molecule has 0 unspecified atom stereocenters. The number of nitrogen functional groups attached to an aromatic ring is 1. The van der Waals surface area contributed by atoms with Gasteiger partial charge in [-0.2, -0.15) is 0 Å². The first kappa shape index (κ1) is 9.51. The summed E-state index contributed by atoms with van der Waals surface area (Å²) >= 11 is 0. The van der Waals surface area contributed by atoms with Crippen molar-refractivity contribution in [3.8, 4) is 0 Å². The molecule has 0 radical (unpaired) electrons. The predicted molar refractivity (Wildman–Crippen MR) is 54.4 cm³/mol. The van der Waals surface area contributed by atoms with Crippen molar-refractivity contribution in [2.45, 2.75) is 13.8 Å². The van der Waals surface area contributed by atoms with Crippen molar-refractivity contribution in [1.29, 1.82) is 0 Å². The number of nitrogens with zero attached hydrogens (tertiary/aromatic N) is 2. The summed E-state index contributed by atoms with van der Waals surface area (Å²) < 4.78 is 0. The van der Waals surface area contributed by atoms with Gasteiger partial charge in [0.25, 0.3) is 0 Å². The third kappa shape index (κ3) is 3.11. The van der Waals surface area contributed by atoms with Crippen LogP contribution in [-0.2, 0) is 0 Å². The van der Waals surface area contributed by atoms with Crippen LogP contribution in [0.15, 0.2) is 24.2 Å². The van der Waals surface area contributed by atoms with Crippen LogP contribution < -0.4 is 11.1 Å². The largest absolute Gasteiger partial charge is 0.394 e. The Labute approximate surface area is 77.9 Å². The summed E-state index contributed by atoms with van der Waals surface area (Å²) in [4.78, 5) is 7.80. The average molecular weight is 178 g/mol. The summed E-state index contributed by atoms with van der Waals surface area (Å²) in [5.74, 6) is 0.688. The van der Waals surface area contributed by atoms with Crippen LogP contribution in [0.25, 0.3) is 0 Å². The zero-order valence-corrected chi connectivity index (χ0v) is 7.91. The number of nitrogens with one attached hydrogen (secondary N) is 1. The van der Waals surface area contributed by atoms with E-state index in [0.29, 0.717) is 11.5 Å². The molecule has 1 aromatic heterocycles. The Morgan fingerprint density at radius 1 is 1.62 bits per heavy atom. The topological polar surface area (TPSA) is 63.8 Å². The van der Waals surface area contributed by atoms with Gasteiger partial charge in [-0.15, -0.1) is 0 Å². The Hall–Kier alpha value is -1.58. The molecule has 1 heterocycles. The van der Waals surface area contributed by atoms with Crippen molar-refractivity contribution in [2.24, 2.45) is 0 Å². The molecule has 0 aliphatic rings. The molecule has 0 bridgehead atoms. The summed E-state index contributed by atoms with van der Waals surface area (Å²) in [5.41, 5.74) is 7.47.